The number of halogens is 3. The predicted octanol–water partition coefficient (Wildman–Crippen LogP) is 4.29. The molecule has 160 valence electrons. The lowest BCUT2D eigenvalue weighted by Crippen LogP contribution is -2.31. The summed E-state index contributed by atoms with van der Waals surface area (Å²) in [6.07, 6.45) is -0.151. The molecular weight excluding hydrogens is 436 g/mol. The molecule has 6 nitrogen and oxygen atoms in total. The van der Waals surface area contributed by atoms with Crippen LogP contribution in [0, 0.1) is 11.6 Å². The van der Waals surface area contributed by atoms with Crippen LogP contribution in [0.25, 0.3) is 21.1 Å². The second kappa shape index (κ2) is 9.65. The van der Waals surface area contributed by atoms with Crippen LogP contribution in [0.5, 0.6) is 11.5 Å². The highest BCUT2D eigenvalue weighted by Crippen LogP contribution is 2.37. The minimum Gasteiger partial charge on any atom is -0.489 e. The normalized spacial score (nSPS) is 12.3. The molecule has 30 heavy (non-hydrogen) atoms. The molecule has 0 aliphatic heterocycles. The summed E-state index contributed by atoms with van der Waals surface area (Å²) in [5.41, 5.74) is 6.40. The van der Waals surface area contributed by atoms with Crippen molar-refractivity contribution >= 4 is 22.9 Å². The SMILES string of the molecule is CC(C)Oc1ccc(-c2nnc(-c3cc(F)c(OC[C@H](N)CO)cc3Cl)s2)cc1F. The third kappa shape index (κ3) is 5.23. The van der Waals surface area contributed by atoms with Crippen LogP contribution >= 0.6 is 22.9 Å². The Balaban J connectivity index is 1.84. The molecule has 1 heterocycles. The molecule has 0 amide bonds. The first-order chi connectivity index (χ1) is 14.3. The fraction of sp³-hybridized carbons (Fsp3) is 0.300. The van der Waals surface area contributed by atoms with Gasteiger partial charge in [0.1, 0.15) is 16.6 Å². The van der Waals surface area contributed by atoms with Crippen LogP contribution in [0.15, 0.2) is 30.3 Å². The lowest BCUT2D eigenvalue weighted by molar-refractivity contribution is 0.202. The highest BCUT2D eigenvalue weighted by molar-refractivity contribution is 7.18. The van der Waals surface area contributed by atoms with E-state index < -0.39 is 17.7 Å². The van der Waals surface area contributed by atoms with E-state index in [1.165, 1.54) is 24.3 Å². The van der Waals surface area contributed by atoms with Crippen LogP contribution in [-0.4, -0.2) is 40.7 Å². The Labute approximate surface area is 181 Å². The monoisotopic (exact) mass is 455 g/mol. The number of rotatable bonds is 8. The van der Waals surface area contributed by atoms with Crippen molar-refractivity contribution in [1.29, 1.82) is 0 Å². The van der Waals surface area contributed by atoms with E-state index in [2.05, 4.69) is 10.2 Å². The molecule has 10 heteroatoms. The Bertz CT molecular complexity index is 1030. The fourth-order valence-electron chi connectivity index (χ4n) is 2.48. The largest absolute Gasteiger partial charge is 0.489 e. The molecule has 0 unspecified atom stereocenters. The van der Waals surface area contributed by atoms with Crippen molar-refractivity contribution in [3.05, 3.63) is 47.0 Å². The molecule has 0 saturated carbocycles. The van der Waals surface area contributed by atoms with Gasteiger partial charge in [0, 0.05) is 17.2 Å². The van der Waals surface area contributed by atoms with Crippen LogP contribution < -0.4 is 15.2 Å². The summed E-state index contributed by atoms with van der Waals surface area (Å²) >= 11 is 7.41. The van der Waals surface area contributed by atoms with Crippen molar-refractivity contribution < 1.29 is 23.4 Å². The summed E-state index contributed by atoms with van der Waals surface area (Å²) in [5.74, 6) is -1.09. The summed E-state index contributed by atoms with van der Waals surface area (Å²) in [5, 5.41) is 18.1. The molecule has 3 N–H and O–H groups in total. The zero-order valence-corrected chi connectivity index (χ0v) is 17.8. The van der Waals surface area contributed by atoms with E-state index in [1.807, 2.05) is 13.8 Å². The second-order valence-electron chi connectivity index (χ2n) is 6.74. The van der Waals surface area contributed by atoms with E-state index in [1.54, 1.807) is 6.07 Å². The number of aliphatic hydroxyl groups is 1. The van der Waals surface area contributed by atoms with Gasteiger partial charge in [-0.2, -0.15) is 0 Å². The highest BCUT2D eigenvalue weighted by Gasteiger charge is 2.17. The van der Waals surface area contributed by atoms with Crippen LogP contribution in [0.3, 0.4) is 0 Å². The molecule has 0 fully saturated rings. The first-order valence-corrected chi connectivity index (χ1v) is 10.3. The molecule has 0 saturated heterocycles. The average Bonchev–Trinajstić information content (AvgIpc) is 3.19. The number of hydrogen-bond acceptors (Lipinski definition) is 7. The molecule has 3 aromatic rings. The number of nitrogens with two attached hydrogens (primary N) is 1. The Morgan fingerprint density at radius 2 is 1.80 bits per heavy atom. The molecule has 3 rings (SSSR count). The van der Waals surface area contributed by atoms with Crippen LogP contribution in [0.1, 0.15) is 13.8 Å². The quantitative estimate of drug-likeness (QED) is 0.526. The van der Waals surface area contributed by atoms with E-state index >= 15 is 0 Å². The van der Waals surface area contributed by atoms with Gasteiger partial charge >= 0.3 is 0 Å². The summed E-state index contributed by atoms with van der Waals surface area (Å²) in [6.45, 7) is 3.27. The van der Waals surface area contributed by atoms with Gasteiger partial charge in [-0.25, -0.2) is 8.78 Å². The third-order valence-corrected chi connectivity index (χ3v) is 5.22. The van der Waals surface area contributed by atoms with Gasteiger partial charge in [-0.15, -0.1) is 10.2 Å². The van der Waals surface area contributed by atoms with Gasteiger partial charge in [0.05, 0.1) is 23.8 Å². The van der Waals surface area contributed by atoms with Gasteiger partial charge in [-0.3, -0.25) is 0 Å². The molecule has 2 aromatic carbocycles. The van der Waals surface area contributed by atoms with Gasteiger partial charge in [0.25, 0.3) is 0 Å². The predicted molar refractivity (Wildman–Crippen MR) is 112 cm³/mol. The lowest BCUT2D eigenvalue weighted by atomic mass is 10.2. The lowest BCUT2D eigenvalue weighted by Gasteiger charge is -2.12. The third-order valence-electron chi connectivity index (χ3n) is 3.91. The first kappa shape index (κ1) is 22.4. The number of nitrogens with zero attached hydrogens (tertiary/aromatic N) is 2. The van der Waals surface area contributed by atoms with E-state index in [4.69, 9.17) is 31.9 Å². The first-order valence-electron chi connectivity index (χ1n) is 9.07. The van der Waals surface area contributed by atoms with Crippen molar-refractivity contribution in [2.45, 2.75) is 26.0 Å². The van der Waals surface area contributed by atoms with Crippen molar-refractivity contribution in [1.82, 2.24) is 10.2 Å². The second-order valence-corrected chi connectivity index (χ2v) is 8.13. The molecule has 0 bridgehead atoms. The summed E-state index contributed by atoms with van der Waals surface area (Å²) in [6, 6.07) is 6.38. The van der Waals surface area contributed by atoms with Crippen molar-refractivity contribution in [3.8, 4) is 32.6 Å². The fourth-order valence-corrected chi connectivity index (χ4v) is 3.65. The van der Waals surface area contributed by atoms with Gasteiger partial charge < -0.3 is 20.3 Å². The maximum absolute atomic E-state index is 14.4. The topological polar surface area (TPSA) is 90.5 Å². The Hall–Kier alpha value is -2.33. The summed E-state index contributed by atoms with van der Waals surface area (Å²) in [4.78, 5) is 0. The van der Waals surface area contributed by atoms with Gasteiger partial charge in [0.2, 0.25) is 0 Å². The molecule has 0 aliphatic carbocycles. The average molecular weight is 456 g/mol. The molecular formula is C20H20ClF2N3O3S. The molecule has 0 spiro atoms. The van der Waals surface area contributed by atoms with E-state index in [9.17, 15) is 8.78 Å². The van der Waals surface area contributed by atoms with E-state index in [0.29, 0.717) is 21.1 Å². The van der Waals surface area contributed by atoms with Gasteiger partial charge in [-0.05, 0) is 38.1 Å². The Morgan fingerprint density at radius 3 is 2.47 bits per heavy atom. The maximum atomic E-state index is 14.4. The van der Waals surface area contributed by atoms with Gasteiger partial charge in [-0.1, -0.05) is 22.9 Å². The summed E-state index contributed by atoms with van der Waals surface area (Å²) in [7, 11) is 0. The standard InChI is InChI=1S/C20H20ClF2N3O3S/c1-10(2)29-17-4-3-11(5-15(17)22)19-25-26-20(30-19)13-6-16(23)18(7-14(13)21)28-9-12(24)8-27/h3-7,10,12,27H,8-9,24H2,1-2H3/t12-/m1/s1. The smallest absolute Gasteiger partial charge is 0.165 e. The summed E-state index contributed by atoms with van der Waals surface area (Å²) < 4.78 is 39.3. The van der Waals surface area contributed by atoms with Crippen molar-refractivity contribution in [2.24, 2.45) is 5.73 Å². The zero-order chi connectivity index (χ0) is 21.8. The zero-order valence-electron chi connectivity index (χ0n) is 16.2. The highest BCUT2D eigenvalue weighted by atomic mass is 35.5. The minimum absolute atomic E-state index is 0.0614. The maximum Gasteiger partial charge on any atom is 0.165 e. The van der Waals surface area contributed by atoms with Crippen molar-refractivity contribution in [3.63, 3.8) is 0 Å². The molecule has 1 aromatic heterocycles. The Morgan fingerprint density at radius 1 is 1.10 bits per heavy atom. The molecule has 1 atom stereocenters. The van der Waals surface area contributed by atoms with Crippen LogP contribution in [0.4, 0.5) is 8.78 Å². The minimum atomic E-state index is -0.655. The van der Waals surface area contributed by atoms with E-state index in [0.717, 1.165) is 11.3 Å². The van der Waals surface area contributed by atoms with E-state index in [-0.39, 0.29) is 35.8 Å². The van der Waals surface area contributed by atoms with Gasteiger partial charge in [0.15, 0.2) is 23.1 Å². The number of ether oxygens (including phenoxy) is 2. The molecule has 0 radical (unpaired) electrons. The van der Waals surface area contributed by atoms with Crippen LogP contribution in [0.2, 0.25) is 5.02 Å². The number of hydrogen-bond donors (Lipinski definition) is 2. The van der Waals surface area contributed by atoms with Crippen LogP contribution in [-0.2, 0) is 0 Å². The number of aromatic nitrogens is 2. The number of benzene rings is 2. The number of aliphatic hydroxyl groups excluding tert-OH is 1. The van der Waals surface area contributed by atoms with Crippen molar-refractivity contribution in [2.75, 3.05) is 13.2 Å². The Kier molecular flexibility index (Phi) is 7.19. The molecule has 0 aliphatic rings.